The summed E-state index contributed by atoms with van der Waals surface area (Å²) in [6.07, 6.45) is 1.85. The molecule has 1 saturated heterocycles. The van der Waals surface area contributed by atoms with Crippen LogP contribution in [0.3, 0.4) is 0 Å². The molecule has 7 heteroatoms. The van der Waals surface area contributed by atoms with Crippen molar-refractivity contribution < 1.29 is 9.53 Å². The van der Waals surface area contributed by atoms with Crippen LogP contribution in [0.2, 0.25) is 0 Å². The Morgan fingerprint density at radius 3 is 2.53 bits per heavy atom. The van der Waals surface area contributed by atoms with Crippen LogP contribution < -0.4 is 10.1 Å². The van der Waals surface area contributed by atoms with Gasteiger partial charge in [-0.05, 0) is 75.9 Å². The first-order valence-corrected chi connectivity index (χ1v) is 8.76. The summed E-state index contributed by atoms with van der Waals surface area (Å²) in [6.45, 7) is 2.60. The van der Waals surface area contributed by atoms with Crippen LogP contribution in [-0.4, -0.2) is 16.8 Å². The number of hydrogen-bond donors (Lipinski definition) is 1. The number of hydrogen-bond acceptors (Lipinski definition) is 4. The third-order valence-corrected chi connectivity index (χ3v) is 5.01. The van der Waals surface area contributed by atoms with Crippen molar-refractivity contribution in [2.45, 2.75) is 6.92 Å². The van der Waals surface area contributed by atoms with Crippen molar-refractivity contribution in [3.8, 4) is 5.75 Å². The molecule has 1 aromatic rings. The molecule has 1 N–H and O–H groups in total. The van der Waals surface area contributed by atoms with Crippen molar-refractivity contribution in [3.05, 3.63) is 29.7 Å². The lowest BCUT2D eigenvalue weighted by Crippen LogP contribution is -2.17. The van der Waals surface area contributed by atoms with Gasteiger partial charge in [0.05, 0.1) is 18.7 Å². The Labute approximate surface area is 148 Å². The summed E-state index contributed by atoms with van der Waals surface area (Å²) < 4.78 is 8.16. The minimum atomic E-state index is -0.131. The fourth-order valence-electron chi connectivity index (χ4n) is 1.52. The number of carbonyl (C=O) groups excluding carboxylic acids is 1. The van der Waals surface area contributed by atoms with Crippen molar-refractivity contribution in [3.63, 3.8) is 0 Å². The van der Waals surface area contributed by atoms with Crippen LogP contribution in [0.15, 0.2) is 17.0 Å². The van der Waals surface area contributed by atoms with E-state index < -0.39 is 0 Å². The van der Waals surface area contributed by atoms with Crippen LogP contribution in [0, 0.1) is 7.14 Å². The molecule has 0 atom stereocenters. The lowest BCUT2D eigenvalue weighted by molar-refractivity contribution is -0.115. The van der Waals surface area contributed by atoms with E-state index in [2.05, 4.69) is 50.5 Å². The third-order valence-electron chi connectivity index (χ3n) is 2.25. The average molecular weight is 517 g/mol. The van der Waals surface area contributed by atoms with E-state index in [4.69, 9.17) is 17.0 Å². The van der Waals surface area contributed by atoms with E-state index in [1.54, 1.807) is 0 Å². The summed E-state index contributed by atoms with van der Waals surface area (Å²) in [7, 11) is 0. The quantitative estimate of drug-likeness (QED) is 0.377. The standard InChI is InChI=1S/C12H9I2NO2S2/c1-2-17-10-7(13)3-6(4-8(10)14)5-9-11(16)15-12(18)19-9/h3-5H,2H2,1H3,(H,15,16,18)/b9-5-. The maximum atomic E-state index is 11.6. The van der Waals surface area contributed by atoms with Gasteiger partial charge in [0.1, 0.15) is 10.1 Å². The molecular weight excluding hydrogens is 508 g/mol. The molecule has 1 aromatic carbocycles. The summed E-state index contributed by atoms with van der Waals surface area (Å²) in [5.74, 6) is 0.763. The third kappa shape index (κ3) is 3.82. The van der Waals surface area contributed by atoms with Gasteiger partial charge in [0.2, 0.25) is 0 Å². The molecule has 1 amide bonds. The largest absolute Gasteiger partial charge is 0.492 e. The molecule has 0 bridgehead atoms. The number of halogens is 2. The smallest absolute Gasteiger partial charge is 0.263 e. The molecule has 0 aliphatic carbocycles. The molecule has 1 heterocycles. The Kier molecular flexibility index (Phi) is 5.49. The molecule has 3 nitrogen and oxygen atoms in total. The molecule has 0 saturated carbocycles. The minimum absolute atomic E-state index is 0.131. The number of thiocarbonyl (C=S) groups is 1. The highest BCUT2D eigenvalue weighted by atomic mass is 127. The Morgan fingerprint density at radius 2 is 2.05 bits per heavy atom. The topological polar surface area (TPSA) is 38.3 Å². The van der Waals surface area contributed by atoms with E-state index in [1.807, 2.05) is 25.1 Å². The van der Waals surface area contributed by atoms with E-state index in [-0.39, 0.29) is 5.91 Å². The maximum Gasteiger partial charge on any atom is 0.263 e. The molecule has 0 unspecified atom stereocenters. The van der Waals surface area contributed by atoms with E-state index >= 15 is 0 Å². The number of rotatable bonds is 3. The number of ether oxygens (including phenoxy) is 1. The van der Waals surface area contributed by atoms with E-state index in [1.165, 1.54) is 11.8 Å². The maximum absolute atomic E-state index is 11.6. The fourth-order valence-corrected chi connectivity index (χ4v) is 4.69. The molecule has 1 aliphatic heterocycles. The van der Waals surface area contributed by atoms with Gasteiger partial charge in [-0.15, -0.1) is 0 Å². The SMILES string of the molecule is CCOc1c(I)cc(/C=C2\SC(=S)NC2=O)cc1I. The first-order valence-electron chi connectivity index (χ1n) is 5.38. The lowest BCUT2D eigenvalue weighted by atomic mass is 10.2. The van der Waals surface area contributed by atoms with E-state index in [9.17, 15) is 4.79 Å². The molecule has 0 radical (unpaired) electrons. The highest BCUT2D eigenvalue weighted by Gasteiger charge is 2.22. The fraction of sp³-hybridized carbons (Fsp3) is 0.167. The normalized spacial score (nSPS) is 16.9. The first kappa shape index (κ1) is 15.5. The lowest BCUT2D eigenvalue weighted by Gasteiger charge is -2.09. The summed E-state index contributed by atoms with van der Waals surface area (Å²) in [6, 6.07) is 3.99. The predicted molar refractivity (Wildman–Crippen MR) is 99.4 cm³/mol. The van der Waals surface area contributed by atoms with E-state index in [0.29, 0.717) is 15.8 Å². The Hall–Kier alpha value is 0.130. The second-order valence-electron chi connectivity index (χ2n) is 3.60. The highest BCUT2D eigenvalue weighted by molar-refractivity contribution is 14.1. The molecule has 1 fully saturated rings. The van der Waals surface area contributed by atoms with Crippen molar-refractivity contribution in [1.82, 2.24) is 5.32 Å². The van der Waals surface area contributed by atoms with Gasteiger partial charge in [-0.25, -0.2) is 0 Å². The number of carbonyl (C=O) groups is 1. The second kappa shape index (κ2) is 6.72. The van der Waals surface area contributed by atoms with Gasteiger partial charge >= 0.3 is 0 Å². The van der Waals surface area contributed by atoms with Gasteiger partial charge < -0.3 is 10.1 Å². The van der Waals surface area contributed by atoms with Crippen molar-refractivity contribution in [1.29, 1.82) is 0 Å². The predicted octanol–water partition coefficient (Wildman–Crippen LogP) is 3.78. The minimum Gasteiger partial charge on any atom is -0.492 e. The molecule has 1 aliphatic rings. The van der Waals surface area contributed by atoms with Crippen LogP contribution in [0.25, 0.3) is 6.08 Å². The highest BCUT2D eigenvalue weighted by Crippen LogP contribution is 2.32. The molecule has 100 valence electrons. The summed E-state index contributed by atoms with van der Waals surface area (Å²) in [4.78, 5) is 12.2. The van der Waals surface area contributed by atoms with Crippen LogP contribution in [-0.2, 0) is 4.79 Å². The number of benzene rings is 1. The Morgan fingerprint density at radius 1 is 1.42 bits per heavy atom. The Bertz CT molecular complexity index is 564. The van der Waals surface area contributed by atoms with Crippen LogP contribution in [0.4, 0.5) is 0 Å². The number of nitrogens with one attached hydrogen (secondary N) is 1. The van der Waals surface area contributed by atoms with Gasteiger partial charge in [0.25, 0.3) is 5.91 Å². The summed E-state index contributed by atoms with van der Waals surface area (Å²) >= 11 is 10.7. The second-order valence-corrected chi connectivity index (χ2v) is 7.64. The van der Waals surface area contributed by atoms with Crippen molar-refractivity contribution in [2.75, 3.05) is 6.61 Å². The molecule has 0 aromatic heterocycles. The summed E-state index contributed by atoms with van der Waals surface area (Å²) in [5.41, 5.74) is 0.972. The zero-order valence-corrected chi connectivity index (χ0v) is 15.8. The van der Waals surface area contributed by atoms with Gasteiger partial charge in [0, 0.05) is 0 Å². The van der Waals surface area contributed by atoms with Gasteiger partial charge in [-0.1, -0.05) is 24.0 Å². The van der Waals surface area contributed by atoms with Crippen LogP contribution in [0.5, 0.6) is 5.75 Å². The van der Waals surface area contributed by atoms with Crippen LogP contribution >= 0.6 is 69.2 Å². The first-order chi connectivity index (χ1) is 9.01. The Balaban J connectivity index is 2.35. The number of amides is 1. The monoisotopic (exact) mass is 517 g/mol. The van der Waals surface area contributed by atoms with Crippen molar-refractivity contribution >= 4 is 85.5 Å². The summed E-state index contributed by atoms with van der Waals surface area (Å²) in [5, 5.41) is 2.61. The number of thioether (sulfide) groups is 1. The average Bonchev–Trinajstić information content (AvgIpc) is 2.62. The van der Waals surface area contributed by atoms with Crippen molar-refractivity contribution in [2.24, 2.45) is 0 Å². The zero-order valence-electron chi connectivity index (χ0n) is 9.83. The molecule has 19 heavy (non-hydrogen) atoms. The van der Waals surface area contributed by atoms with Gasteiger partial charge in [-0.2, -0.15) is 0 Å². The molecule has 2 rings (SSSR count). The van der Waals surface area contributed by atoms with E-state index in [0.717, 1.165) is 18.5 Å². The molecular formula is C12H9I2NO2S2. The molecule has 0 spiro atoms. The zero-order chi connectivity index (χ0) is 14.0. The van der Waals surface area contributed by atoms with Crippen LogP contribution in [0.1, 0.15) is 12.5 Å². The van der Waals surface area contributed by atoms with Gasteiger partial charge in [-0.3, -0.25) is 4.79 Å². The van der Waals surface area contributed by atoms with Gasteiger partial charge in [0.15, 0.2) is 0 Å².